The number of hydrogen-bond acceptors (Lipinski definition) is 2. The monoisotopic (exact) mass is 166 g/mol. The van der Waals surface area contributed by atoms with Gasteiger partial charge in [0.05, 0.1) is 6.04 Å². The Morgan fingerprint density at radius 3 is 3.00 bits per heavy atom. The number of rotatable bonds is 2. The summed E-state index contributed by atoms with van der Waals surface area (Å²) in [5.74, 6) is 3.53. The van der Waals surface area contributed by atoms with Gasteiger partial charge in [0.2, 0.25) is 0 Å². The highest BCUT2D eigenvalue weighted by Crippen LogP contribution is 2.05. The fraction of sp³-hybridized carbons (Fsp3) is 0.800. The van der Waals surface area contributed by atoms with Crippen molar-refractivity contribution in [2.45, 2.75) is 19.9 Å². The molecule has 2 nitrogen and oxygen atoms in total. The van der Waals surface area contributed by atoms with Crippen molar-refractivity contribution in [2.75, 3.05) is 26.2 Å². The van der Waals surface area contributed by atoms with Gasteiger partial charge in [-0.1, -0.05) is 19.8 Å². The fourth-order valence-electron chi connectivity index (χ4n) is 1.60. The second-order valence-electron chi connectivity index (χ2n) is 3.78. The quantitative estimate of drug-likeness (QED) is 0.603. The molecule has 0 aromatic rings. The smallest absolute Gasteiger partial charge is 0.0838 e. The summed E-state index contributed by atoms with van der Waals surface area (Å²) >= 11 is 0. The average Bonchev–Trinajstić information content (AvgIpc) is 2.04. The summed E-state index contributed by atoms with van der Waals surface area (Å²) in [5.41, 5.74) is 0. The highest BCUT2D eigenvalue weighted by molar-refractivity contribution is 5.03. The molecule has 0 bridgehead atoms. The van der Waals surface area contributed by atoms with E-state index in [-0.39, 0.29) is 0 Å². The largest absolute Gasteiger partial charge is 0.313 e. The Kier molecular flexibility index (Phi) is 3.58. The van der Waals surface area contributed by atoms with Crippen molar-refractivity contribution in [1.82, 2.24) is 10.2 Å². The second-order valence-corrected chi connectivity index (χ2v) is 3.78. The Hall–Kier alpha value is -0.520. The number of piperazine rings is 1. The zero-order valence-corrected chi connectivity index (χ0v) is 8.01. The predicted octanol–water partition coefficient (Wildman–Crippen LogP) is 0.549. The first-order chi connectivity index (χ1) is 5.74. The molecule has 1 unspecified atom stereocenters. The molecule has 0 amide bonds. The third-order valence-corrected chi connectivity index (χ3v) is 2.15. The van der Waals surface area contributed by atoms with E-state index in [1.807, 2.05) is 0 Å². The molecule has 1 saturated heterocycles. The molecule has 2 heteroatoms. The summed E-state index contributed by atoms with van der Waals surface area (Å²) in [4.78, 5) is 2.39. The molecule has 1 aliphatic rings. The normalized spacial score (nSPS) is 25.7. The average molecular weight is 166 g/mol. The maximum Gasteiger partial charge on any atom is 0.0838 e. The van der Waals surface area contributed by atoms with Gasteiger partial charge in [-0.05, 0) is 5.92 Å². The summed E-state index contributed by atoms with van der Waals surface area (Å²) in [6, 6.07) is 0.307. The SMILES string of the molecule is C#CC1CNCCN1CC(C)C. The van der Waals surface area contributed by atoms with Crippen LogP contribution in [0.1, 0.15) is 13.8 Å². The van der Waals surface area contributed by atoms with Gasteiger partial charge in [0.15, 0.2) is 0 Å². The van der Waals surface area contributed by atoms with E-state index >= 15 is 0 Å². The first-order valence-corrected chi connectivity index (χ1v) is 4.65. The van der Waals surface area contributed by atoms with Crippen LogP contribution in [0, 0.1) is 18.3 Å². The second kappa shape index (κ2) is 4.49. The molecule has 0 aromatic heterocycles. The van der Waals surface area contributed by atoms with Crippen molar-refractivity contribution in [2.24, 2.45) is 5.92 Å². The van der Waals surface area contributed by atoms with Crippen LogP contribution in [0.25, 0.3) is 0 Å². The lowest BCUT2D eigenvalue weighted by atomic mass is 10.1. The van der Waals surface area contributed by atoms with Crippen LogP contribution >= 0.6 is 0 Å². The number of hydrogen-bond donors (Lipinski definition) is 1. The van der Waals surface area contributed by atoms with Crippen LogP contribution in [-0.2, 0) is 0 Å². The van der Waals surface area contributed by atoms with E-state index in [1.165, 1.54) is 0 Å². The minimum Gasteiger partial charge on any atom is -0.313 e. The molecule has 0 spiro atoms. The van der Waals surface area contributed by atoms with Gasteiger partial charge < -0.3 is 5.32 Å². The Morgan fingerprint density at radius 1 is 1.67 bits per heavy atom. The van der Waals surface area contributed by atoms with Gasteiger partial charge >= 0.3 is 0 Å². The molecule has 1 fully saturated rings. The first kappa shape index (κ1) is 9.57. The number of terminal acetylenes is 1. The Labute approximate surface area is 75.3 Å². The van der Waals surface area contributed by atoms with Crippen LogP contribution in [0.4, 0.5) is 0 Å². The molecule has 1 N–H and O–H groups in total. The third kappa shape index (κ3) is 2.51. The first-order valence-electron chi connectivity index (χ1n) is 4.65. The Bertz CT molecular complexity index is 169. The molecular formula is C10H18N2. The van der Waals surface area contributed by atoms with E-state index in [9.17, 15) is 0 Å². The maximum absolute atomic E-state index is 5.44. The molecule has 1 heterocycles. The van der Waals surface area contributed by atoms with Crippen LogP contribution in [0.3, 0.4) is 0 Å². The van der Waals surface area contributed by atoms with Gasteiger partial charge in [0.25, 0.3) is 0 Å². The van der Waals surface area contributed by atoms with Gasteiger partial charge in [-0.25, -0.2) is 0 Å². The van der Waals surface area contributed by atoms with Crippen LogP contribution in [-0.4, -0.2) is 37.1 Å². The van der Waals surface area contributed by atoms with Crippen molar-refractivity contribution in [3.8, 4) is 12.3 Å². The van der Waals surface area contributed by atoms with Gasteiger partial charge in [0, 0.05) is 26.2 Å². The summed E-state index contributed by atoms with van der Waals surface area (Å²) in [7, 11) is 0. The zero-order valence-electron chi connectivity index (χ0n) is 8.01. The molecule has 1 aliphatic heterocycles. The number of nitrogens with zero attached hydrogens (tertiary/aromatic N) is 1. The van der Waals surface area contributed by atoms with Gasteiger partial charge in [-0.2, -0.15) is 0 Å². The highest BCUT2D eigenvalue weighted by atomic mass is 15.2. The van der Waals surface area contributed by atoms with Crippen LogP contribution < -0.4 is 5.32 Å². The summed E-state index contributed by atoms with van der Waals surface area (Å²) in [6.45, 7) is 8.70. The van der Waals surface area contributed by atoms with Crippen molar-refractivity contribution in [3.05, 3.63) is 0 Å². The van der Waals surface area contributed by atoms with E-state index in [0.717, 1.165) is 26.2 Å². The van der Waals surface area contributed by atoms with Crippen molar-refractivity contribution < 1.29 is 0 Å². The third-order valence-electron chi connectivity index (χ3n) is 2.15. The van der Waals surface area contributed by atoms with Gasteiger partial charge in [-0.15, -0.1) is 6.42 Å². The minimum absolute atomic E-state index is 0.307. The molecule has 0 saturated carbocycles. The molecule has 1 rings (SSSR count). The molecule has 0 aromatic carbocycles. The molecule has 0 aliphatic carbocycles. The molecule has 1 atom stereocenters. The van der Waals surface area contributed by atoms with E-state index in [2.05, 4.69) is 30.0 Å². The molecule has 12 heavy (non-hydrogen) atoms. The summed E-state index contributed by atoms with van der Waals surface area (Å²) < 4.78 is 0. The zero-order chi connectivity index (χ0) is 8.97. The van der Waals surface area contributed by atoms with Crippen molar-refractivity contribution in [1.29, 1.82) is 0 Å². The lowest BCUT2D eigenvalue weighted by molar-refractivity contribution is 0.179. The van der Waals surface area contributed by atoms with Gasteiger partial charge in [-0.3, -0.25) is 4.90 Å². The van der Waals surface area contributed by atoms with E-state index in [1.54, 1.807) is 0 Å². The maximum atomic E-state index is 5.44. The van der Waals surface area contributed by atoms with E-state index in [4.69, 9.17) is 6.42 Å². The van der Waals surface area contributed by atoms with E-state index in [0.29, 0.717) is 12.0 Å². The van der Waals surface area contributed by atoms with Crippen LogP contribution in [0.15, 0.2) is 0 Å². The Morgan fingerprint density at radius 2 is 2.42 bits per heavy atom. The summed E-state index contributed by atoms with van der Waals surface area (Å²) in [6.07, 6.45) is 5.44. The van der Waals surface area contributed by atoms with Crippen LogP contribution in [0.2, 0.25) is 0 Å². The Balaban J connectivity index is 2.43. The number of nitrogens with one attached hydrogen (secondary N) is 1. The minimum atomic E-state index is 0.307. The molecular weight excluding hydrogens is 148 g/mol. The highest BCUT2D eigenvalue weighted by Gasteiger charge is 2.19. The predicted molar refractivity (Wildman–Crippen MR) is 51.9 cm³/mol. The molecule has 0 radical (unpaired) electrons. The lowest BCUT2D eigenvalue weighted by Gasteiger charge is -2.34. The van der Waals surface area contributed by atoms with Crippen LogP contribution in [0.5, 0.6) is 0 Å². The summed E-state index contributed by atoms with van der Waals surface area (Å²) in [5, 5.41) is 3.30. The van der Waals surface area contributed by atoms with E-state index < -0.39 is 0 Å². The molecule has 68 valence electrons. The standard InChI is InChI=1S/C10H18N2/c1-4-10-7-11-5-6-12(10)8-9(2)3/h1,9-11H,5-8H2,2-3H3. The van der Waals surface area contributed by atoms with Crippen molar-refractivity contribution in [3.63, 3.8) is 0 Å². The fourth-order valence-corrected chi connectivity index (χ4v) is 1.60. The lowest BCUT2D eigenvalue weighted by Crippen LogP contribution is -2.51. The topological polar surface area (TPSA) is 15.3 Å². The van der Waals surface area contributed by atoms with Crippen molar-refractivity contribution >= 4 is 0 Å². The van der Waals surface area contributed by atoms with Gasteiger partial charge in [0.1, 0.15) is 0 Å².